The van der Waals surface area contributed by atoms with E-state index in [1.165, 1.54) is 0 Å². The summed E-state index contributed by atoms with van der Waals surface area (Å²) in [4.78, 5) is 22.5. The van der Waals surface area contributed by atoms with Crippen molar-refractivity contribution in [1.82, 2.24) is 5.32 Å². The molecular formula is C9H22Cl2N4O2. The number of carbonyl (C=O) groups is 2. The summed E-state index contributed by atoms with van der Waals surface area (Å²) in [5, 5.41) is 2.50. The number of halogens is 2. The topological polar surface area (TPSA) is 124 Å². The Morgan fingerprint density at radius 3 is 2.06 bits per heavy atom. The molecule has 8 heteroatoms. The van der Waals surface area contributed by atoms with Gasteiger partial charge in [-0.05, 0) is 5.92 Å². The molecule has 0 spiro atoms. The third-order valence-electron chi connectivity index (χ3n) is 2.41. The summed E-state index contributed by atoms with van der Waals surface area (Å²) in [6.45, 7) is 3.79. The van der Waals surface area contributed by atoms with E-state index in [0.717, 1.165) is 6.42 Å². The summed E-state index contributed by atoms with van der Waals surface area (Å²) in [6, 6.07) is -1.48. The monoisotopic (exact) mass is 288 g/mol. The van der Waals surface area contributed by atoms with E-state index in [2.05, 4.69) is 5.32 Å². The number of amides is 2. The molecule has 0 bridgehead atoms. The third-order valence-corrected chi connectivity index (χ3v) is 2.41. The first-order valence-electron chi connectivity index (χ1n) is 4.99. The maximum absolute atomic E-state index is 11.4. The lowest BCUT2D eigenvalue weighted by Crippen LogP contribution is -2.54. The van der Waals surface area contributed by atoms with Crippen molar-refractivity contribution in [3.63, 3.8) is 0 Å². The van der Waals surface area contributed by atoms with E-state index in [0.29, 0.717) is 0 Å². The first kappa shape index (κ1) is 21.7. The largest absolute Gasteiger partial charge is 0.368 e. The molecule has 1 unspecified atom stereocenters. The summed E-state index contributed by atoms with van der Waals surface area (Å²) in [7, 11) is 0. The van der Waals surface area contributed by atoms with Gasteiger partial charge in [0.2, 0.25) is 11.8 Å². The van der Waals surface area contributed by atoms with Gasteiger partial charge < -0.3 is 22.5 Å². The molecule has 0 saturated heterocycles. The average Bonchev–Trinajstić information content (AvgIpc) is 2.22. The molecule has 0 aliphatic heterocycles. The van der Waals surface area contributed by atoms with Gasteiger partial charge in [0.05, 0.1) is 6.04 Å². The summed E-state index contributed by atoms with van der Waals surface area (Å²) >= 11 is 0. The molecule has 2 amide bonds. The van der Waals surface area contributed by atoms with Crippen molar-refractivity contribution in [2.24, 2.45) is 23.1 Å². The van der Waals surface area contributed by atoms with Crippen molar-refractivity contribution in [2.75, 3.05) is 6.54 Å². The zero-order chi connectivity index (χ0) is 12.0. The Balaban J connectivity index is -0.000000980. The smallest absolute Gasteiger partial charge is 0.240 e. The summed E-state index contributed by atoms with van der Waals surface area (Å²) in [5.74, 6) is -1.01. The Bertz CT molecular complexity index is 241. The van der Waals surface area contributed by atoms with Crippen LogP contribution in [0, 0.1) is 5.92 Å². The molecule has 0 aromatic rings. The Labute approximate surface area is 114 Å². The maximum atomic E-state index is 11.4. The second-order valence-electron chi connectivity index (χ2n) is 3.62. The number of carbonyl (C=O) groups excluding carboxylic acids is 2. The molecule has 7 N–H and O–H groups in total. The van der Waals surface area contributed by atoms with Crippen LogP contribution in [0.4, 0.5) is 0 Å². The predicted molar refractivity (Wildman–Crippen MR) is 72.1 cm³/mol. The first-order valence-corrected chi connectivity index (χ1v) is 4.99. The number of nitrogens with one attached hydrogen (secondary N) is 1. The van der Waals surface area contributed by atoms with Crippen LogP contribution in [0.25, 0.3) is 0 Å². The molecule has 0 heterocycles. The Hall–Kier alpha value is -0.560. The molecule has 0 aromatic heterocycles. The molecule has 6 nitrogen and oxygen atoms in total. The van der Waals surface area contributed by atoms with E-state index < -0.39 is 23.9 Å². The van der Waals surface area contributed by atoms with Crippen LogP contribution in [-0.2, 0) is 9.59 Å². The Morgan fingerprint density at radius 1 is 1.29 bits per heavy atom. The Morgan fingerprint density at radius 2 is 1.76 bits per heavy atom. The van der Waals surface area contributed by atoms with E-state index >= 15 is 0 Å². The summed E-state index contributed by atoms with van der Waals surface area (Å²) in [6.07, 6.45) is 0.742. The minimum Gasteiger partial charge on any atom is -0.368 e. The van der Waals surface area contributed by atoms with Crippen molar-refractivity contribution in [3.05, 3.63) is 0 Å². The molecule has 104 valence electrons. The molecule has 3 atom stereocenters. The van der Waals surface area contributed by atoms with Gasteiger partial charge in [-0.25, -0.2) is 0 Å². The normalized spacial score (nSPS) is 14.6. The van der Waals surface area contributed by atoms with Crippen LogP contribution in [0.2, 0.25) is 0 Å². The fourth-order valence-corrected chi connectivity index (χ4v) is 1.10. The maximum Gasteiger partial charge on any atom is 0.240 e. The molecule has 0 aliphatic rings. The number of rotatable bonds is 6. The summed E-state index contributed by atoms with van der Waals surface area (Å²) < 4.78 is 0. The SMILES string of the molecule is CCC(C)[C@H](NC(=O)[C@@H](N)CN)C(N)=O.Cl.Cl. The zero-order valence-corrected chi connectivity index (χ0v) is 11.6. The molecule has 0 radical (unpaired) electrons. The van der Waals surface area contributed by atoms with Crippen molar-refractivity contribution in [1.29, 1.82) is 0 Å². The molecular weight excluding hydrogens is 267 g/mol. The zero-order valence-electron chi connectivity index (χ0n) is 10.0. The van der Waals surface area contributed by atoms with Gasteiger partial charge in [0.25, 0.3) is 0 Å². The van der Waals surface area contributed by atoms with Crippen molar-refractivity contribution in [2.45, 2.75) is 32.4 Å². The van der Waals surface area contributed by atoms with E-state index in [4.69, 9.17) is 17.2 Å². The number of nitrogens with two attached hydrogens (primary N) is 3. The van der Waals surface area contributed by atoms with Gasteiger partial charge in [-0.1, -0.05) is 20.3 Å². The van der Waals surface area contributed by atoms with Crippen molar-refractivity contribution in [3.8, 4) is 0 Å². The lowest BCUT2D eigenvalue weighted by Gasteiger charge is -2.22. The van der Waals surface area contributed by atoms with Crippen LogP contribution in [0.5, 0.6) is 0 Å². The highest BCUT2D eigenvalue weighted by molar-refractivity contribution is 5.89. The van der Waals surface area contributed by atoms with Crippen LogP contribution in [0.1, 0.15) is 20.3 Å². The molecule has 0 aromatic carbocycles. The van der Waals surface area contributed by atoms with Crippen LogP contribution in [-0.4, -0.2) is 30.4 Å². The molecule has 0 aliphatic carbocycles. The fraction of sp³-hybridized carbons (Fsp3) is 0.778. The summed E-state index contributed by atoms with van der Waals surface area (Å²) in [5.41, 5.74) is 15.8. The Kier molecular flexibility index (Phi) is 13.5. The van der Waals surface area contributed by atoms with Gasteiger partial charge in [0, 0.05) is 6.54 Å². The van der Waals surface area contributed by atoms with Gasteiger partial charge in [0.1, 0.15) is 6.04 Å². The fourth-order valence-electron chi connectivity index (χ4n) is 1.10. The van der Waals surface area contributed by atoms with Crippen LogP contribution in [0.15, 0.2) is 0 Å². The van der Waals surface area contributed by atoms with Crippen LogP contribution in [0.3, 0.4) is 0 Å². The van der Waals surface area contributed by atoms with Crippen molar-refractivity contribution >= 4 is 36.6 Å². The van der Waals surface area contributed by atoms with E-state index in [1.54, 1.807) is 0 Å². The highest BCUT2D eigenvalue weighted by atomic mass is 35.5. The average molecular weight is 289 g/mol. The van der Waals surface area contributed by atoms with Gasteiger partial charge >= 0.3 is 0 Å². The van der Waals surface area contributed by atoms with Gasteiger partial charge in [-0.15, -0.1) is 24.8 Å². The van der Waals surface area contributed by atoms with E-state index in [-0.39, 0.29) is 37.3 Å². The second-order valence-corrected chi connectivity index (χ2v) is 3.62. The lowest BCUT2D eigenvalue weighted by atomic mass is 9.98. The minimum atomic E-state index is -0.795. The van der Waals surface area contributed by atoms with Gasteiger partial charge in [-0.2, -0.15) is 0 Å². The molecule has 0 saturated carbocycles. The minimum absolute atomic E-state index is 0. The van der Waals surface area contributed by atoms with Crippen LogP contribution >= 0.6 is 24.8 Å². The third kappa shape index (κ3) is 7.38. The van der Waals surface area contributed by atoms with Crippen molar-refractivity contribution < 1.29 is 9.59 Å². The standard InChI is InChI=1S/C9H20N4O2.2ClH/c1-3-5(2)7(8(12)14)13-9(15)6(11)4-10;;/h5-7H,3-4,10-11H2,1-2H3,(H2,12,14)(H,13,15);2*1H/t5?,6-,7-;;/m0../s1. The highest BCUT2D eigenvalue weighted by Crippen LogP contribution is 2.07. The highest BCUT2D eigenvalue weighted by Gasteiger charge is 2.25. The van der Waals surface area contributed by atoms with E-state index in [1.807, 2.05) is 13.8 Å². The van der Waals surface area contributed by atoms with E-state index in [9.17, 15) is 9.59 Å². The number of hydrogen-bond acceptors (Lipinski definition) is 4. The quantitative estimate of drug-likeness (QED) is 0.507. The predicted octanol–water partition coefficient (Wildman–Crippen LogP) is -0.868. The molecule has 0 rings (SSSR count). The number of hydrogen-bond donors (Lipinski definition) is 4. The van der Waals surface area contributed by atoms with Crippen LogP contribution < -0.4 is 22.5 Å². The molecule has 0 fully saturated rings. The van der Waals surface area contributed by atoms with Gasteiger partial charge in [-0.3, -0.25) is 9.59 Å². The molecule has 17 heavy (non-hydrogen) atoms. The lowest BCUT2D eigenvalue weighted by molar-refractivity contribution is -0.129. The number of primary amides is 1. The van der Waals surface area contributed by atoms with Gasteiger partial charge in [0.15, 0.2) is 0 Å². The second kappa shape index (κ2) is 10.6. The first-order chi connectivity index (χ1) is 6.93.